The highest BCUT2D eigenvalue weighted by Gasteiger charge is 2.61. The Hall–Kier alpha value is -2.22. The molecule has 1 aromatic rings. The number of ether oxygens (including phenoxy) is 1. The third kappa shape index (κ3) is 3.26. The van der Waals surface area contributed by atoms with Crippen LogP contribution in [0.3, 0.4) is 0 Å². The number of alkyl halides is 3. The second-order valence-electron chi connectivity index (χ2n) is 5.18. The number of amides is 1. The van der Waals surface area contributed by atoms with Gasteiger partial charge in [0.05, 0.1) is 6.61 Å². The SMILES string of the molecule is CCCOc1cccc(C(=O)N2NC(C)=CC2(O)C(F)(F)F)c1. The van der Waals surface area contributed by atoms with Crippen molar-refractivity contribution in [3.8, 4) is 5.75 Å². The van der Waals surface area contributed by atoms with Crippen LogP contribution in [0.15, 0.2) is 36.0 Å². The van der Waals surface area contributed by atoms with Crippen LogP contribution in [0.1, 0.15) is 30.6 Å². The summed E-state index contributed by atoms with van der Waals surface area (Å²) in [6.45, 7) is 3.65. The maximum atomic E-state index is 13.1. The fraction of sp³-hybridized carbons (Fsp3) is 0.400. The van der Waals surface area contributed by atoms with Gasteiger partial charge in [0, 0.05) is 11.3 Å². The summed E-state index contributed by atoms with van der Waals surface area (Å²) >= 11 is 0. The standard InChI is InChI=1S/C15H17F3N2O3/c1-3-7-23-12-6-4-5-11(8-12)13(21)20-14(22,15(16,17)18)9-10(2)19-20/h4-6,8-9,19,22H,3,7H2,1-2H3. The summed E-state index contributed by atoms with van der Waals surface area (Å²) in [6.07, 6.45) is -3.73. The predicted octanol–water partition coefficient (Wildman–Crippen LogP) is 2.59. The van der Waals surface area contributed by atoms with Gasteiger partial charge in [-0.15, -0.1) is 0 Å². The lowest BCUT2D eigenvalue weighted by Crippen LogP contribution is -2.60. The topological polar surface area (TPSA) is 61.8 Å². The number of hydrogen-bond donors (Lipinski definition) is 2. The Morgan fingerprint density at radius 2 is 2.13 bits per heavy atom. The third-order valence-corrected chi connectivity index (χ3v) is 3.22. The van der Waals surface area contributed by atoms with E-state index in [4.69, 9.17) is 4.74 Å². The molecular weight excluding hydrogens is 313 g/mol. The van der Waals surface area contributed by atoms with Crippen molar-refractivity contribution in [3.63, 3.8) is 0 Å². The Morgan fingerprint density at radius 1 is 1.43 bits per heavy atom. The van der Waals surface area contributed by atoms with Crippen molar-refractivity contribution in [3.05, 3.63) is 41.6 Å². The summed E-state index contributed by atoms with van der Waals surface area (Å²) in [5, 5.41) is 10.1. The van der Waals surface area contributed by atoms with E-state index >= 15 is 0 Å². The Bertz CT molecular complexity index is 631. The summed E-state index contributed by atoms with van der Waals surface area (Å²) in [7, 11) is 0. The van der Waals surface area contributed by atoms with Crippen molar-refractivity contribution >= 4 is 5.91 Å². The molecule has 0 aliphatic carbocycles. The van der Waals surface area contributed by atoms with Crippen LogP contribution in [0.25, 0.3) is 0 Å². The molecule has 0 spiro atoms. The van der Waals surface area contributed by atoms with Gasteiger partial charge in [-0.1, -0.05) is 13.0 Å². The number of benzene rings is 1. The number of hydrazine groups is 1. The van der Waals surface area contributed by atoms with Crippen molar-refractivity contribution in [2.75, 3.05) is 6.61 Å². The Morgan fingerprint density at radius 3 is 2.74 bits per heavy atom. The quantitative estimate of drug-likeness (QED) is 0.891. The number of allylic oxidation sites excluding steroid dienone is 1. The van der Waals surface area contributed by atoms with E-state index < -0.39 is 17.8 Å². The zero-order chi connectivity index (χ0) is 17.3. The maximum Gasteiger partial charge on any atom is 0.442 e. The summed E-state index contributed by atoms with van der Waals surface area (Å²) in [5.74, 6) is -0.642. The molecular formula is C15H17F3N2O3. The van der Waals surface area contributed by atoms with E-state index in [0.717, 1.165) is 6.42 Å². The molecule has 0 bridgehead atoms. The van der Waals surface area contributed by atoms with E-state index in [1.54, 1.807) is 6.07 Å². The number of hydrogen-bond acceptors (Lipinski definition) is 4. The van der Waals surface area contributed by atoms with Crippen LogP contribution in [0.4, 0.5) is 13.2 Å². The van der Waals surface area contributed by atoms with Crippen LogP contribution in [0.2, 0.25) is 0 Å². The molecule has 2 N–H and O–H groups in total. The molecule has 0 saturated heterocycles. The van der Waals surface area contributed by atoms with Crippen LogP contribution in [-0.4, -0.2) is 34.5 Å². The molecule has 5 nitrogen and oxygen atoms in total. The molecule has 1 amide bonds. The minimum absolute atomic E-state index is 0.0246. The fourth-order valence-corrected chi connectivity index (χ4v) is 2.14. The Labute approximate surface area is 131 Å². The molecule has 8 heteroatoms. The molecule has 0 fully saturated rings. The van der Waals surface area contributed by atoms with Gasteiger partial charge in [-0.2, -0.15) is 13.2 Å². The lowest BCUT2D eigenvalue weighted by atomic mass is 10.1. The minimum Gasteiger partial charge on any atom is -0.494 e. The first kappa shape index (κ1) is 17.1. The van der Waals surface area contributed by atoms with Crippen molar-refractivity contribution in [1.29, 1.82) is 0 Å². The number of rotatable bonds is 4. The highest BCUT2D eigenvalue weighted by Crippen LogP contribution is 2.38. The van der Waals surface area contributed by atoms with Gasteiger partial charge in [0.2, 0.25) is 0 Å². The van der Waals surface area contributed by atoms with Gasteiger partial charge in [-0.25, -0.2) is 5.01 Å². The van der Waals surface area contributed by atoms with E-state index in [-0.39, 0.29) is 16.3 Å². The lowest BCUT2D eigenvalue weighted by molar-refractivity contribution is -0.283. The molecule has 2 rings (SSSR count). The summed E-state index contributed by atoms with van der Waals surface area (Å²) < 4.78 is 44.8. The number of aliphatic hydroxyl groups is 1. The largest absolute Gasteiger partial charge is 0.494 e. The Kier molecular flexibility index (Phi) is 4.56. The lowest BCUT2D eigenvalue weighted by Gasteiger charge is -2.33. The molecule has 126 valence electrons. The van der Waals surface area contributed by atoms with E-state index in [9.17, 15) is 23.1 Å². The van der Waals surface area contributed by atoms with Gasteiger partial charge in [0.15, 0.2) is 0 Å². The smallest absolute Gasteiger partial charge is 0.442 e. The zero-order valence-corrected chi connectivity index (χ0v) is 12.6. The first-order chi connectivity index (χ1) is 10.7. The highest BCUT2D eigenvalue weighted by molar-refractivity contribution is 5.95. The van der Waals surface area contributed by atoms with Crippen LogP contribution < -0.4 is 10.2 Å². The number of carbonyl (C=O) groups excluding carboxylic acids is 1. The molecule has 1 aliphatic heterocycles. The van der Waals surface area contributed by atoms with Gasteiger partial charge in [-0.05, 0) is 37.6 Å². The van der Waals surface area contributed by atoms with Crippen molar-refractivity contribution in [2.45, 2.75) is 32.2 Å². The second kappa shape index (κ2) is 6.11. The first-order valence-corrected chi connectivity index (χ1v) is 7.01. The second-order valence-corrected chi connectivity index (χ2v) is 5.18. The van der Waals surface area contributed by atoms with E-state index in [2.05, 4.69) is 5.43 Å². The van der Waals surface area contributed by atoms with Crippen molar-refractivity contribution in [1.82, 2.24) is 10.4 Å². The average molecular weight is 330 g/mol. The van der Waals surface area contributed by atoms with Crippen LogP contribution in [0, 0.1) is 0 Å². The molecule has 1 heterocycles. The predicted molar refractivity (Wildman–Crippen MR) is 76.3 cm³/mol. The molecule has 23 heavy (non-hydrogen) atoms. The van der Waals surface area contributed by atoms with Crippen molar-refractivity contribution < 1.29 is 27.8 Å². The number of halogens is 3. The Balaban J connectivity index is 2.30. The van der Waals surface area contributed by atoms with E-state index in [0.29, 0.717) is 18.4 Å². The van der Waals surface area contributed by atoms with Gasteiger partial charge in [0.1, 0.15) is 5.75 Å². The maximum absolute atomic E-state index is 13.1. The molecule has 0 saturated carbocycles. The summed E-state index contributed by atoms with van der Waals surface area (Å²) in [4.78, 5) is 12.4. The summed E-state index contributed by atoms with van der Waals surface area (Å²) in [6, 6.07) is 5.79. The third-order valence-electron chi connectivity index (χ3n) is 3.22. The number of carbonyl (C=O) groups is 1. The van der Waals surface area contributed by atoms with Crippen molar-refractivity contribution in [2.24, 2.45) is 0 Å². The van der Waals surface area contributed by atoms with Gasteiger partial charge < -0.3 is 9.84 Å². The molecule has 0 aromatic heterocycles. The van der Waals surface area contributed by atoms with Gasteiger partial charge >= 0.3 is 6.18 Å². The zero-order valence-electron chi connectivity index (χ0n) is 12.6. The molecule has 1 aromatic carbocycles. The molecule has 1 atom stereocenters. The average Bonchev–Trinajstić information content (AvgIpc) is 2.80. The van der Waals surface area contributed by atoms with E-state index in [1.807, 2.05) is 6.92 Å². The van der Waals surface area contributed by atoms with Crippen LogP contribution in [0.5, 0.6) is 5.75 Å². The highest BCUT2D eigenvalue weighted by atomic mass is 19.4. The monoisotopic (exact) mass is 330 g/mol. The van der Waals surface area contributed by atoms with Crippen LogP contribution in [-0.2, 0) is 0 Å². The number of nitrogens with one attached hydrogen (secondary N) is 1. The van der Waals surface area contributed by atoms with E-state index in [1.165, 1.54) is 25.1 Å². The minimum atomic E-state index is -5.04. The molecule has 0 radical (unpaired) electrons. The number of nitrogens with zero attached hydrogens (tertiary/aromatic N) is 1. The van der Waals surface area contributed by atoms with Gasteiger partial charge in [-0.3, -0.25) is 10.2 Å². The fourth-order valence-electron chi connectivity index (χ4n) is 2.14. The normalized spacial score (nSPS) is 21.0. The van der Waals surface area contributed by atoms with Crippen LogP contribution >= 0.6 is 0 Å². The molecule has 1 aliphatic rings. The summed E-state index contributed by atoms with van der Waals surface area (Å²) in [5.41, 5.74) is -1.15. The molecule has 1 unspecified atom stereocenters. The first-order valence-electron chi connectivity index (χ1n) is 7.01. The van der Waals surface area contributed by atoms with Gasteiger partial charge in [0.25, 0.3) is 11.6 Å².